The molecular formula is C9H15N3S. The first kappa shape index (κ1) is 9.09. The Balaban J connectivity index is 1.97. The molecule has 0 saturated heterocycles. The van der Waals surface area contributed by atoms with Gasteiger partial charge in [0, 0.05) is 0 Å². The summed E-state index contributed by atoms with van der Waals surface area (Å²) in [6.45, 7) is 3.27. The van der Waals surface area contributed by atoms with Crippen molar-refractivity contribution in [1.82, 2.24) is 14.1 Å². The highest BCUT2D eigenvalue weighted by molar-refractivity contribution is 6.99. The van der Waals surface area contributed by atoms with E-state index in [0.717, 1.165) is 18.2 Å². The predicted molar refractivity (Wildman–Crippen MR) is 53.7 cm³/mol. The van der Waals surface area contributed by atoms with Crippen molar-refractivity contribution in [2.45, 2.75) is 32.2 Å². The first-order valence-electron chi connectivity index (χ1n) is 4.92. The maximum atomic E-state index is 4.30. The highest BCUT2D eigenvalue weighted by atomic mass is 32.1. The van der Waals surface area contributed by atoms with Crippen molar-refractivity contribution in [3.8, 4) is 0 Å². The third-order valence-corrected chi connectivity index (χ3v) is 2.90. The average Bonchev–Trinajstić information content (AvgIpc) is 2.82. The number of nitrogens with zero attached hydrogens (tertiary/aromatic N) is 2. The Morgan fingerprint density at radius 1 is 1.69 bits per heavy atom. The smallest absolute Gasteiger partial charge is 0.0915 e. The van der Waals surface area contributed by atoms with E-state index in [-0.39, 0.29) is 0 Å². The lowest BCUT2D eigenvalue weighted by Crippen LogP contribution is -2.23. The van der Waals surface area contributed by atoms with Gasteiger partial charge in [0.25, 0.3) is 0 Å². The topological polar surface area (TPSA) is 37.8 Å². The van der Waals surface area contributed by atoms with E-state index >= 15 is 0 Å². The van der Waals surface area contributed by atoms with Crippen LogP contribution in [0.1, 0.15) is 37.9 Å². The molecule has 1 unspecified atom stereocenters. The van der Waals surface area contributed by atoms with Crippen LogP contribution < -0.4 is 5.32 Å². The van der Waals surface area contributed by atoms with Gasteiger partial charge < -0.3 is 5.32 Å². The molecule has 1 aliphatic rings. The maximum Gasteiger partial charge on any atom is 0.0915 e. The highest BCUT2D eigenvalue weighted by Gasteiger charge is 2.33. The Hall–Kier alpha value is -0.480. The first-order valence-corrected chi connectivity index (χ1v) is 5.65. The lowest BCUT2D eigenvalue weighted by molar-refractivity contribution is 0.473. The minimum atomic E-state index is 0.471. The van der Waals surface area contributed by atoms with Gasteiger partial charge in [-0.3, -0.25) is 0 Å². The Morgan fingerprint density at radius 3 is 3.08 bits per heavy atom. The second kappa shape index (κ2) is 4.15. The summed E-state index contributed by atoms with van der Waals surface area (Å²) in [6, 6.07) is 0.471. The van der Waals surface area contributed by atoms with Crippen LogP contribution in [-0.4, -0.2) is 15.3 Å². The fraction of sp³-hybridized carbons (Fsp3) is 0.778. The molecule has 0 aliphatic heterocycles. The van der Waals surface area contributed by atoms with E-state index in [1.807, 2.05) is 6.20 Å². The Labute approximate surface area is 82.9 Å². The van der Waals surface area contributed by atoms with Gasteiger partial charge in [-0.2, -0.15) is 8.75 Å². The van der Waals surface area contributed by atoms with Crippen molar-refractivity contribution in [3.63, 3.8) is 0 Å². The zero-order chi connectivity index (χ0) is 9.10. The van der Waals surface area contributed by atoms with Crippen LogP contribution in [0.25, 0.3) is 0 Å². The van der Waals surface area contributed by atoms with Crippen LogP contribution >= 0.6 is 11.7 Å². The number of hydrogen-bond acceptors (Lipinski definition) is 4. The molecule has 1 saturated carbocycles. The minimum absolute atomic E-state index is 0.471. The quantitative estimate of drug-likeness (QED) is 0.784. The number of nitrogens with one attached hydrogen (secondary N) is 1. The number of hydrogen-bond donors (Lipinski definition) is 1. The third-order valence-electron chi connectivity index (χ3n) is 2.40. The summed E-state index contributed by atoms with van der Waals surface area (Å²) < 4.78 is 8.35. The molecule has 0 amide bonds. The lowest BCUT2D eigenvalue weighted by atomic mass is 10.1. The van der Waals surface area contributed by atoms with Gasteiger partial charge in [0.05, 0.1) is 29.7 Å². The van der Waals surface area contributed by atoms with Crippen molar-refractivity contribution in [3.05, 3.63) is 11.9 Å². The van der Waals surface area contributed by atoms with E-state index in [1.54, 1.807) is 0 Å². The minimum Gasteiger partial charge on any atom is -0.308 e. The molecule has 0 bridgehead atoms. The van der Waals surface area contributed by atoms with Crippen molar-refractivity contribution < 1.29 is 0 Å². The number of rotatable bonds is 5. The predicted octanol–water partition coefficient (Wildman–Crippen LogP) is 1.99. The highest BCUT2D eigenvalue weighted by Crippen LogP contribution is 2.40. The van der Waals surface area contributed by atoms with E-state index in [2.05, 4.69) is 21.0 Å². The normalized spacial score (nSPS) is 18.8. The summed E-state index contributed by atoms with van der Waals surface area (Å²) in [4.78, 5) is 0. The molecule has 1 aliphatic carbocycles. The van der Waals surface area contributed by atoms with Gasteiger partial charge in [0.1, 0.15) is 0 Å². The summed E-state index contributed by atoms with van der Waals surface area (Å²) in [5, 5.41) is 3.54. The van der Waals surface area contributed by atoms with E-state index in [1.165, 1.54) is 31.0 Å². The first-order chi connectivity index (χ1) is 6.42. The van der Waals surface area contributed by atoms with Gasteiger partial charge in [-0.1, -0.05) is 6.92 Å². The Morgan fingerprint density at radius 2 is 2.54 bits per heavy atom. The van der Waals surface area contributed by atoms with Crippen LogP contribution in [0.2, 0.25) is 0 Å². The zero-order valence-electron chi connectivity index (χ0n) is 7.86. The molecular weight excluding hydrogens is 182 g/mol. The molecule has 1 aromatic rings. The van der Waals surface area contributed by atoms with Crippen molar-refractivity contribution >= 4 is 11.7 Å². The summed E-state index contributed by atoms with van der Waals surface area (Å²) in [5.74, 6) is 0.815. The van der Waals surface area contributed by atoms with Crippen LogP contribution in [0.5, 0.6) is 0 Å². The van der Waals surface area contributed by atoms with E-state index < -0.39 is 0 Å². The van der Waals surface area contributed by atoms with Crippen LogP contribution in [0.15, 0.2) is 6.20 Å². The molecule has 0 aromatic carbocycles. The van der Waals surface area contributed by atoms with Crippen LogP contribution in [-0.2, 0) is 0 Å². The van der Waals surface area contributed by atoms with E-state index in [9.17, 15) is 0 Å². The van der Waals surface area contributed by atoms with Crippen molar-refractivity contribution in [2.24, 2.45) is 5.92 Å². The van der Waals surface area contributed by atoms with Crippen molar-refractivity contribution in [1.29, 1.82) is 0 Å². The molecule has 0 radical (unpaired) electrons. The molecule has 1 aromatic heterocycles. The zero-order valence-corrected chi connectivity index (χ0v) is 8.68. The van der Waals surface area contributed by atoms with Crippen molar-refractivity contribution in [2.75, 3.05) is 6.54 Å². The van der Waals surface area contributed by atoms with E-state index in [0.29, 0.717) is 6.04 Å². The molecule has 4 heteroatoms. The largest absolute Gasteiger partial charge is 0.308 e. The molecule has 3 nitrogen and oxygen atoms in total. The Kier molecular flexibility index (Phi) is 2.90. The molecule has 1 atom stereocenters. The van der Waals surface area contributed by atoms with Gasteiger partial charge in [0.15, 0.2) is 0 Å². The van der Waals surface area contributed by atoms with E-state index in [4.69, 9.17) is 0 Å². The molecule has 0 spiro atoms. The van der Waals surface area contributed by atoms with Gasteiger partial charge in [-0.15, -0.1) is 0 Å². The molecule has 13 heavy (non-hydrogen) atoms. The summed E-state index contributed by atoms with van der Waals surface area (Å²) in [6.07, 6.45) is 5.77. The standard InChI is InChI=1S/C9H15N3S/c1-2-5-10-9(7-3-4-7)8-6-11-13-12-8/h6-7,9-10H,2-5H2,1H3. The van der Waals surface area contributed by atoms with Gasteiger partial charge in [-0.25, -0.2) is 0 Å². The maximum absolute atomic E-state index is 4.30. The molecule has 1 heterocycles. The summed E-state index contributed by atoms with van der Waals surface area (Å²) in [7, 11) is 0. The molecule has 1 fully saturated rings. The van der Waals surface area contributed by atoms with Gasteiger partial charge >= 0.3 is 0 Å². The Bertz CT molecular complexity index is 243. The van der Waals surface area contributed by atoms with Crippen LogP contribution in [0.3, 0.4) is 0 Å². The molecule has 1 N–H and O–H groups in total. The second-order valence-corrected chi connectivity index (χ2v) is 4.16. The fourth-order valence-electron chi connectivity index (χ4n) is 1.55. The fourth-order valence-corrected chi connectivity index (χ4v) is 2.01. The second-order valence-electron chi connectivity index (χ2n) is 3.60. The SMILES string of the molecule is CCCNC(c1cnsn1)C1CC1. The lowest BCUT2D eigenvalue weighted by Gasteiger charge is -2.14. The summed E-state index contributed by atoms with van der Waals surface area (Å²) in [5.41, 5.74) is 1.14. The average molecular weight is 197 g/mol. The third kappa shape index (κ3) is 2.25. The van der Waals surface area contributed by atoms with Gasteiger partial charge in [-0.05, 0) is 31.7 Å². The molecule has 72 valence electrons. The number of aromatic nitrogens is 2. The molecule has 2 rings (SSSR count). The van der Waals surface area contributed by atoms with Gasteiger partial charge in [0.2, 0.25) is 0 Å². The monoisotopic (exact) mass is 197 g/mol. The van der Waals surface area contributed by atoms with Crippen LogP contribution in [0.4, 0.5) is 0 Å². The van der Waals surface area contributed by atoms with Crippen LogP contribution in [0, 0.1) is 5.92 Å². The summed E-state index contributed by atoms with van der Waals surface area (Å²) >= 11 is 1.31.